The largest absolute Gasteiger partial charge is 0.463 e. The summed E-state index contributed by atoms with van der Waals surface area (Å²) >= 11 is 3.00. The molecule has 0 bridgehead atoms. The summed E-state index contributed by atoms with van der Waals surface area (Å²) < 4.78 is 7.55. The molecular formula is C26H27N3O3S2. The number of anilines is 1. The molecule has 1 atom stereocenters. The van der Waals surface area contributed by atoms with Crippen LogP contribution in [0.4, 0.5) is 5.69 Å². The molecule has 0 aliphatic carbocycles. The molecule has 0 radical (unpaired) electrons. The fourth-order valence-corrected chi connectivity index (χ4v) is 5.37. The van der Waals surface area contributed by atoms with Crippen molar-refractivity contribution in [3.05, 3.63) is 90.6 Å². The van der Waals surface area contributed by atoms with Gasteiger partial charge in [0.25, 0.3) is 5.56 Å². The van der Waals surface area contributed by atoms with E-state index in [1.807, 2.05) is 79.9 Å². The normalized spacial score (nSPS) is 15.7. The Bertz CT molecular complexity index is 1420. The fourth-order valence-electron chi connectivity index (χ4n) is 3.91. The quantitative estimate of drug-likeness (QED) is 0.388. The molecular weight excluding hydrogens is 466 g/mol. The zero-order valence-electron chi connectivity index (χ0n) is 19.9. The molecule has 0 spiro atoms. The highest BCUT2D eigenvalue weighted by Gasteiger charge is 2.33. The van der Waals surface area contributed by atoms with Gasteiger partial charge in [-0.25, -0.2) is 9.79 Å². The van der Waals surface area contributed by atoms with Gasteiger partial charge in [0.2, 0.25) is 0 Å². The average molecular weight is 494 g/mol. The van der Waals surface area contributed by atoms with Gasteiger partial charge in [-0.3, -0.25) is 9.36 Å². The fraction of sp³-hybridized carbons (Fsp3) is 0.269. The van der Waals surface area contributed by atoms with Crippen molar-refractivity contribution in [2.24, 2.45) is 4.99 Å². The van der Waals surface area contributed by atoms with Gasteiger partial charge < -0.3 is 9.64 Å². The van der Waals surface area contributed by atoms with Crippen molar-refractivity contribution in [1.29, 1.82) is 0 Å². The first-order valence-electron chi connectivity index (χ1n) is 10.9. The number of benzene rings is 2. The molecule has 8 heteroatoms. The highest BCUT2D eigenvalue weighted by atomic mass is 32.2. The third kappa shape index (κ3) is 4.60. The van der Waals surface area contributed by atoms with Gasteiger partial charge in [0, 0.05) is 24.7 Å². The van der Waals surface area contributed by atoms with Gasteiger partial charge in [-0.05, 0) is 61.6 Å². The van der Waals surface area contributed by atoms with E-state index in [0.717, 1.165) is 21.7 Å². The molecule has 2 heterocycles. The molecule has 3 aromatic rings. The van der Waals surface area contributed by atoms with E-state index < -0.39 is 12.0 Å². The molecule has 2 aromatic carbocycles. The summed E-state index contributed by atoms with van der Waals surface area (Å²) in [6.07, 6.45) is 3.91. The number of allylic oxidation sites excluding steroid dienone is 1. The first kappa shape index (κ1) is 24.0. The molecule has 1 aliphatic heterocycles. The van der Waals surface area contributed by atoms with Crippen molar-refractivity contribution in [3.8, 4) is 0 Å². The van der Waals surface area contributed by atoms with Crippen molar-refractivity contribution in [2.45, 2.75) is 24.8 Å². The van der Waals surface area contributed by atoms with E-state index in [0.29, 0.717) is 20.6 Å². The molecule has 1 aliphatic rings. The SMILES string of the molecule is CCOC(=O)C1=C(C)N=c2sc(=Cc3ccc(SC)cc3)c(=O)n2C1c1ccc(N(C)C)cc1. The first-order chi connectivity index (χ1) is 16.3. The lowest BCUT2D eigenvalue weighted by molar-refractivity contribution is -0.139. The molecule has 0 saturated carbocycles. The Hall–Kier alpha value is -3.10. The number of nitrogens with zero attached hydrogens (tertiary/aromatic N) is 3. The Labute approximate surface area is 206 Å². The van der Waals surface area contributed by atoms with Gasteiger partial charge >= 0.3 is 5.97 Å². The van der Waals surface area contributed by atoms with Crippen molar-refractivity contribution in [2.75, 3.05) is 31.9 Å². The number of fused-ring (bicyclic) bond motifs is 1. The van der Waals surface area contributed by atoms with Crippen molar-refractivity contribution in [1.82, 2.24) is 4.57 Å². The smallest absolute Gasteiger partial charge is 0.338 e. The second-order valence-corrected chi connectivity index (χ2v) is 9.95. The van der Waals surface area contributed by atoms with Crippen molar-refractivity contribution >= 4 is 40.8 Å². The Morgan fingerprint density at radius 2 is 1.85 bits per heavy atom. The van der Waals surface area contributed by atoms with Crippen LogP contribution in [0.3, 0.4) is 0 Å². The predicted molar refractivity (Wildman–Crippen MR) is 139 cm³/mol. The number of ether oxygens (including phenoxy) is 1. The molecule has 1 unspecified atom stereocenters. The Morgan fingerprint density at radius 1 is 1.18 bits per heavy atom. The van der Waals surface area contributed by atoms with Crippen LogP contribution in [0.25, 0.3) is 6.08 Å². The number of carbonyl (C=O) groups is 1. The average Bonchev–Trinajstić information content (AvgIpc) is 3.13. The minimum absolute atomic E-state index is 0.173. The van der Waals surface area contributed by atoms with Gasteiger partial charge in [0.15, 0.2) is 4.80 Å². The summed E-state index contributed by atoms with van der Waals surface area (Å²) in [7, 11) is 3.94. The number of carbonyl (C=O) groups excluding carboxylic acids is 1. The topological polar surface area (TPSA) is 63.9 Å². The van der Waals surface area contributed by atoms with Crippen LogP contribution in [-0.4, -0.2) is 37.5 Å². The van der Waals surface area contributed by atoms with E-state index in [1.54, 1.807) is 30.2 Å². The van der Waals surface area contributed by atoms with E-state index in [4.69, 9.17) is 4.74 Å². The molecule has 0 saturated heterocycles. The van der Waals surface area contributed by atoms with Crippen LogP contribution in [0.5, 0.6) is 0 Å². The number of rotatable bonds is 6. The molecule has 6 nitrogen and oxygen atoms in total. The van der Waals surface area contributed by atoms with Gasteiger partial charge in [-0.15, -0.1) is 11.8 Å². The number of thioether (sulfide) groups is 1. The summed E-state index contributed by atoms with van der Waals surface area (Å²) in [6, 6.07) is 15.3. The van der Waals surface area contributed by atoms with Crippen LogP contribution in [0.2, 0.25) is 0 Å². The molecule has 34 heavy (non-hydrogen) atoms. The molecule has 0 N–H and O–H groups in total. The van der Waals surface area contributed by atoms with Gasteiger partial charge in [0.1, 0.15) is 0 Å². The Kier molecular flexibility index (Phi) is 7.09. The Morgan fingerprint density at radius 3 is 2.44 bits per heavy atom. The van der Waals surface area contributed by atoms with Crippen LogP contribution >= 0.6 is 23.1 Å². The zero-order chi connectivity index (χ0) is 24.4. The standard InChI is InChI=1S/C26H27N3O3S2/c1-6-32-25(31)22-16(2)27-26-29(23(22)18-9-11-19(12-10-18)28(3)4)24(30)21(34-26)15-17-7-13-20(33-5)14-8-17/h7-15,23H,6H2,1-5H3. The van der Waals surface area contributed by atoms with E-state index in [-0.39, 0.29) is 12.2 Å². The highest BCUT2D eigenvalue weighted by Crippen LogP contribution is 2.31. The number of aromatic nitrogens is 1. The van der Waals surface area contributed by atoms with Crippen LogP contribution in [0.15, 0.2) is 74.5 Å². The lowest BCUT2D eigenvalue weighted by Gasteiger charge is -2.25. The number of thiazole rings is 1. The second-order valence-electron chi connectivity index (χ2n) is 8.06. The van der Waals surface area contributed by atoms with E-state index in [1.165, 1.54) is 11.3 Å². The maximum Gasteiger partial charge on any atom is 0.338 e. The molecule has 4 rings (SSSR count). The van der Waals surface area contributed by atoms with E-state index >= 15 is 0 Å². The Balaban J connectivity index is 1.90. The van der Waals surface area contributed by atoms with Crippen LogP contribution in [-0.2, 0) is 9.53 Å². The number of hydrogen-bond acceptors (Lipinski definition) is 7. The third-order valence-corrected chi connectivity index (χ3v) is 7.38. The van der Waals surface area contributed by atoms with Gasteiger partial charge in [-0.1, -0.05) is 35.6 Å². The lowest BCUT2D eigenvalue weighted by Crippen LogP contribution is -2.39. The highest BCUT2D eigenvalue weighted by molar-refractivity contribution is 7.98. The maximum atomic E-state index is 13.6. The summed E-state index contributed by atoms with van der Waals surface area (Å²) in [5, 5.41) is 0. The van der Waals surface area contributed by atoms with Crippen LogP contribution in [0.1, 0.15) is 31.0 Å². The molecule has 0 fully saturated rings. The van der Waals surface area contributed by atoms with Crippen LogP contribution < -0.4 is 19.8 Å². The maximum absolute atomic E-state index is 13.6. The van der Waals surface area contributed by atoms with Crippen molar-refractivity contribution in [3.63, 3.8) is 0 Å². The zero-order valence-corrected chi connectivity index (χ0v) is 21.5. The summed E-state index contributed by atoms with van der Waals surface area (Å²) in [4.78, 5) is 35.0. The first-order valence-corrected chi connectivity index (χ1v) is 13.0. The minimum atomic E-state index is -0.604. The number of esters is 1. The van der Waals surface area contributed by atoms with Crippen LogP contribution in [0, 0.1) is 0 Å². The molecule has 0 amide bonds. The third-order valence-electron chi connectivity index (χ3n) is 5.66. The second kappa shape index (κ2) is 10.0. The summed E-state index contributed by atoms with van der Waals surface area (Å²) in [5.41, 5.74) is 3.59. The monoisotopic (exact) mass is 493 g/mol. The number of hydrogen-bond donors (Lipinski definition) is 0. The van der Waals surface area contributed by atoms with E-state index in [9.17, 15) is 9.59 Å². The van der Waals surface area contributed by atoms with Crippen molar-refractivity contribution < 1.29 is 9.53 Å². The molecule has 176 valence electrons. The predicted octanol–water partition coefficient (Wildman–Crippen LogP) is 3.59. The van der Waals surface area contributed by atoms with Gasteiger partial charge in [-0.2, -0.15) is 0 Å². The van der Waals surface area contributed by atoms with E-state index in [2.05, 4.69) is 4.99 Å². The minimum Gasteiger partial charge on any atom is -0.463 e. The van der Waals surface area contributed by atoms with Gasteiger partial charge in [0.05, 0.1) is 28.5 Å². The summed E-state index contributed by atoms with van der Waals surface area (Å²) in [5.74, 6) is -0.452. The summed E-state index contributed by atoms with van der Waals surface area (Å²) in [6.45, 7) is 3.82. The molecule has 1 aromatic heterocycles. The lowest BCUT2D eigenvalue weighted by atomic mass is 9.95.